The molecule has 0 aromatic heterocycles. The number of amides is 1. The third-order valence-corrected chi connectivity index (χ3v) is 7.38. The molecule has 5 nitrogen and oxygen atoms in total. The Bertz CT molecular complexity index is 1170. The van der Waals surface area contributed by atoms with E-state index >= 15 is 0 Å². The van der Waals surface area contributed by atoms with Gasteiger partial charge in [0.25, 0.3) is 0 Å². The molecule has 1 amide bonds. The van der Waals surface area contributed by atoms with Crippen molar-refractivity contribution in [3.63, 3.8) is 0 Å². The summed E-state index contributed by atoms with van der Waals surface area (Å²) in [6.07, 6.45) is 0. The van der Waals surface area contributed by atoms with Gasteiger partial charge in [0, 0.05) is 16.0 Å². The number of carbonyl (C=O) groups excluding carboxylic acids is 1. The minimum absolute atomic E-state index is 0.00604. The van der Waals surface area contributed by atoms with Crippen LogP contribution in [0.25, 0.3) is 0 Å². The lowest BCUT2D eigenvalue weighted by molar-refractivity contribution is -0.122. The van der Waals surface area contributed by atoms with E-state index in [9.17, 15) is 17.6 Å². The zero-order chi connectivity index (χ0) is 23.3. The summed E-state index contributed by atoms with van der Waals surface area (Å²) in [5.74, 6) is -0.849. The van der Waals surface area contributed by atoms with Crippen molar-refractivity contribution in [1.29, 1.82) is 0 Å². The van der Waals surface area contributed by atoms with Crippen molar-refractivity contribution in [2.24, 2.45) is 0 Å². The van der Waals surface area contributed by atoms with Gasteiger partial charge >= 0.3 is 0 Å². The third-order valence-electron chi connectivity index (χ3n) is 4.79. The van der Waals surface area contributed by atoms with Crippen LogP contribution in [-0.2, 0) is 21.4 Å². The van der Waals surface area contributed by atoms with Crippen LogP contribution in [0.4, 0.5) is 4.39 Å². The molecule has 3 aromatic rings. The average Bonchev–Trinajstić information content (AvgIpc) is 2.75. The van der Waals surface area contributed by atoms with Crippen molar-refractivity contribution in [3.8, 4) is 0 Å². The molecule has 32 heavy (non-hydrogen) atoms. The van der Waals surface area contributed by atoms with E-state index in [0.717, 1.165) is 8.78 Å². The Balaban J connectivity index is 1.82. The van der Waals surface area contributed by atoms with Gasteiger partial charge in [-0.3, -0.25) is 4.79 Å². The van der Waals surface area contributed by atoms with E-state index in [4.69, 9.17) is 11.6 Å². The summed E-state index contributed by atoms with van der Waals surface area (Å²) >= 11 is 9.23. The Labute approximate surface area is 200 Å². The number of nitrogens with one attached hydrogen (secondary N) is 1. The molecule has 3 aromatic carbocycles. The summed E-state index contributed by atoms with van der Waals surface area (Å²) in [5, 5.41) is 3.31. The predicted molar refractivity (Wildman–Crippen MR) is 126 cm³/mol. The highest BCUT2D eigenvalue weighted by Crippen LogP contribution is 2.22. The van der Waals surface area contributed by atoms with E-state index in [2.05, 4.69) is 21.2 Å². The second-order valence-corrected chi connectivity index (χ2v) is 10.5. The molecule has 0 aliphatic carbocycles. The zero-order valence-corrected chi connectivity index (χ0v) is 20.3. The Kier molecular flexibility index (Phi) is 8.05. The van der Waals surface area contributed by atoms with E-state index in [0.29, 0.717) is 16.1 Å². The number of benzene rings is 3. The summed E-state index contributed by atoms with van der Waals surface area (Å²) in [4.78, 5) is 12.8. The molecule has 0 spiro atoms. The molecule has 9 heteroatoms. The molecule has 1 unspecified atom stereocenters. The van der Waals surface area contributed by atoms with Gasteiger partial charge in [-0.05, 0) is 66.6 Å². The smallest absolute Gasteiger partial charge is 0.243 e. The molecule has 1 N–H and O–H groups in total. The summed E-state index contributed by atoms with van der Waals surface area (Å²) in [6, 6.07) is 18.3. The van der Waals surface area contributed by atoms with Gasteiger partial charge in [0.05, 0.1) is 17.5 Å². The van der Waals surface area contributed by atoms with E-state index in [1.807, 2.05) is 0 Å². The van der Waals surface area contributed by atoms with E-state index in [1.54, 1.807) is 55.5 Å². The maximum Gasteiger partial charge on any atom is 0.243 e. The second-order valence-electron chi connectivity index (χ2n) is 7.19. The predicted octanol–water partition coefficient (Wildman–Crippen LogP) is 5.31. The summed E-state index contributed by atoms with van der Waals surface area (Å²) in [7, 11) is -3.96. The fourth-order valence-electron chi connectivity index (χ4n) is 3.06. The second kappa shape index (κ2) is 10.6. The van der Waals surface area contributed by atoms with Crippen LogP contribution in [-0.4, -0.2) is 25.2 Å². The number of hydrogen-bond donors (Lipinski definition) is 1. The molecule has 0 radical (unpaired) electrons. The first-order chi connectivity index (χ1) is 15.1. The van der Waals surface area contributed by atoms with E-state index in [1.165, 1.54) is 24.3 Å². The monoisotopic (exact) mass is 538 g/mol. The normalized spacial score (nSPS) is 12.5. The minimum Gasteiger partial charge on any atom is -0.348 e. The van der Waals surface area contributed by atoms with Crippen molar-refractivity contribution in [2.45, 2.75) is 24.4 Å². The summed E-state index contributed by atoms with van der Waals surface area (Å²) < 4.78 is 41.6. The highest BCUT2D eigenvalue weighted by atomic mass is 79.9. The van der Waals surface area contributed by atoms with Crippen LogP contribution in [0.5, 0.6) is 0 Å². The molecular weight excluding hydrogens is 519 g/mol. The van der Waals surface area contributed by atoms with Gasteiger partial charge in [-0.25, -0.2) is 12.8 Å². The molecule has 0 saturated carbocycles. The SMILES string of the molecule is CC(NC(=O)CN(Cc1ccc(Cl)cc1)S(=O)(=O)c1ccc(Br)cc1)c1ccc(F)cc1. The fourth-order valence-corrected chi connectivity index (χ4v) is 4.83. The highest BCUT2D eigenvalue weighted by molar-refractivity contribution is 9.10. The van der Waals surface area contributed by atoms with E-state index < -0.39 is 22.0 Å². The quantitative estimate of drug-likeness (QED) is 0.422. The van der Waals surface area contributed by atoms with Crippen LogP contribution >= 0.6 is 27.5 Å². The number of sulfonamides is 1. The van der Waals surface area contributed by atoms with Gasteiger partial charge in [-0.15, -0.1) is 0 Å². The van der Waals surface area contributed by atoms with Gasteiger partial charge < -0.3 is 5.32 Å². The third kappa shape index (κ3) is 6.38. The van der Waals surface area contributed by atoms with Crippen LogP contribution in [0.2, 0.25) is 5.02 Å². The number of rotatable bonds is 8. The maximum absolute atomic E-state index is 13.3. The summed E-state index contributed by atoms with van der Waals surface area (Å²) in [5.41, 5.74) is 1.40. The summed E-state index contributed by atoms with van der Waals surface area (Å²) in [6.45, 7) is 1.36. The Morgan fingerprint density at radius 2 is 1.62 bits per heavy atom. The van der Waals surface area contributed by atoms with Crippen LogP contribution in [0.15, 0.2) is 82.2 Å². The number of nitrogens with zero attached hydrogens (tertiary/aromatic N) is 1. The molecule has 3 rings (SSSR count). The largest absolute Gasteiger partial charge is 0.348 e. The molecule has 0 aliphatic heterocycles. The standard InChI is InChI=1S/C23H21BrClFN2O3S/c1-16(18-4-10-21(26)11-5-18)27-23(29)15-28(14-17-2-8-20(25)9-3-17)32(30,31)22-12-6-19(24)7-13-22/h2-13,16H,14-15H2,1H3,(H,27,29). The molecule has 0 fully saturated rings. The van der Waals surface area contributed by atoms with Crippen molar-refractivity contribution >= 4 is 43.5 Å². The van der Waals surface area contributed by atoms with Gasteiger partial charge in [0.1, 0.15) is 5.82 Å². The molecule has 0 heterocycles. The fraction of sp³-hybridized carbons (Fsp3) is 0.174. The first-order valence-corrected chi connectivity index (χ1v) is 12.3. The number of hydrogen-bond acceptors (Lipinski definition) is 3. The zero-order valence-electron chi connectivity index (χ0n) is 17.1. The topological polar surface area (TPSA) is 66.5 Å². The van der Waals surface area contributed by atoms with Gasteiger partial charge in [0.15, 0.2) is 0 Å². The molecule has 1 atom stereocenters. The van der Waals surface area contributed by atoms with Gasteiger partial charge in [-0.1, -0.05) is 51.8 Å². The molecule has 0 saturated heterocycles. The van der Waals surface area contributed by atoms with Crippen LogP contribution < -0.4 is 5.32 Å². The average molecular weight is 540 g/mol. The van der Waals surface area contributed by atoms with E-state index in [-0.39, 0.29) is 23.8 Å². The van der Waals surface area contributed by atoms with Gasteiger partial charge in [-0.2, -0.15) is 4.31 Å². The van der Waals surface area contributed by atoms with Crippen LogP contribution in [0, 0.1) is 5.82 Å². The molecular formula is C23H21BrClFN2O3S. The van der Waals surface area contributed by atoms with Crippen molar-refractivity contribution in [2.75, 3.05) is 6.54 Å². The first kappa shape index (κ1) is 24.4. The van der Waals surface area contributed by atoms with Crippen LogP contribution in [0.1, 0.15) is 24.1 Å². The lowest BCUT2D eigenvalue weighted by atomic mass is 10.1. The lowest BCUT2D eigenvalue weighted by Gasteiger charge is -2.23. The number of halogens is 3. The lowest BCUT2D eigenvalue weighted by Crippen LogP contribution is -2.41. The van der Waals surface area contributed by atoms with Crippen molar-refractivity contribution in [3.05, 3.63) is 99.2 Å². The minimum atomic E-state index is -3.96. The Morgan fingerprint density at radius 1 is 1.03 bits per heavy atom. The maximum atomic E-state index is 13.3. The Hall–Kier alpha value is -2.26. The van der Waals surface area contributed by atoms with Crippen molar-refractivity contribution in [1.82, 2.24) is 9.62 Å². The Morgan fingerprint density at radius 3 is 2.22 bits per heavy atom. The molecule has 0 aliphatic rings. The molecule has 168 valence electrons. The highest BCUT2D eigenvalue weighted by Gasteiger charge is 2.27. The molecule has 0 bridgehead atoms. The van der Waals surface area contributed by atoms with Crippen LogP contribution in [0.3, 0.4) is 0 Å². The van der Waals surface area contributed by atoms with Gasteiger partial charge in [0.2, 0.25) is 15.9 Å². The first-order valence-electron chi connectivity index (χ1n) is 9.70. The number of carbonyl (C=O) groups is 1. The van der Waals surface area contributed by atoms with Crippen molar-refractivity contribution < 1.29 is 17.6 Å².